The summed E-state index contributed by atoms with van der Waals surface area (Å²) in [5.74, 6) is 0.0872. The number of hydrogen-bond acceptors (Lipinski definition) is 6. The van der Waals surface area contributed by atoms with Crippen LogP contribution in [-0.2, 0) is 9.09 Å². The lowest BCUT2D eigenvalue weighted by molar-refractivity contribution is 0.192. The van der Waals surface area contributed by atoms with Crippen LogP contribution in [0, 0.1) is 0 Å². The van der Waals surface area contributed by atoms with Gasteiger partial charge >= 0.3 is 7.60 Å². The van der Waals surface area contributed by atoms with Crippen molar-refractivity contribution in [3.8, 4) is 5.88 Å². The first kappa shape index (κ1) is 14.4. The highest BCUT2D eigenvalue weighted by Gasteiger charge is 2.33. The normalized spacial score (nSPS) is 16.5. The van der Waals surface area contributed by atoms with Crippen molar-refractivity contribution < 1.29 is 18.7 Å². The van der Waals surface area contributed by atoms with Crippen LogP contribution in [0.4, 0.5) is 5.13 Å². The third kappa shape index (κ3) is 3.67. The highest BCUT2D eigenvalue weighted by molar-refractivity contribution is 7.68. The second-order valence-electron chi connectivity index (χ2n) is 3.44. The van der Waals surface area contributed by atoms with Gasteiger partial charge in [0.25, 0.3) is 0 Å². The molecule has 0 fully saturated rings. The van der Waals surface area contributed by atoms with Gasteiger partial charge in [-0.2, -0.15) is 4.98 Å². The van der Waals surface area contributed by atoms with E-state index in [2.05, 4.69) is 4.98 Å². The molecule has 17 heavy (non-hydrogen) atoms. The SMILES string of the molecule is CCOc1nc(N)sc1P(=O)(O)OC(C)CC. The number of hydrogen-bond donors (Lipinski definition) is 2. The molecule has 6 nitrogen and oxygen atoms in total. The minimum absolute atomic E-state index is 0.0668. The highest BCUT2D eigenvalue weighted by atomic mass is 32.1. The molecule has 0 amide bonds. The molecule has 1 aromatic rings. The number of anilines is 1. The van der Waals surface area contributed by atoms with Crippen LogP contribution >= 0.6 is 18.9 Å². The van der Waals surface area contributed by atoms with Gasteiger partial charge in [-0.1, -0.05) is 18.3 Å². The minimum Gasteiger partial charge on any atom is -0.477 e. The van der Waals surface area contributed by atoms with Crippen LogP contribution in [0.1, 0.15) is 27.2 Å². The van der Waals surface area contributed by atoms with E-state index in [1.165, 1.54) is 0 Å². The molecule has 0 aromatic carbocycles. The van der Waals surface area contributed by atoms with E-state index in [1.54, 1.807) is 13.8 Å². The van der Waals surface area contributed by atoms with Crippen LogP contribution in [-0.4, -0.2) is 22.6 Å². The fourth-order valence-corrected chi connectivity index (χ4v) is 3.57. The zero-order chi connectivity index (χ0) is 13.1. The highest BCUT2D eigenvalue weighted by Crippen LogP contribution is 2.47. The summed E-state index contributed by atoms with van der Waals surface area (Å²) < 4.78 is 22.4. The Morgan fingerprint density at radius 2 is 2.24 bits per heavy atom. The minimum atomic E-state index is -3.91. The molecule has 0 spiro atoms. The van der Waals surface area contributed by atoms with Crippen LogP contribution in [0.5, 0.6) is 5.88 Å². The number of nitrogens with zero attached hydrogens (tertiary/aromatic N) is 1. The standard InChI is InChI=1S/C9H17N2O4PS/c1-4-6(3)15-16(12,13)8-7(14-5-2)11-9(10)17-8/h6H,4-5H2,1-3H3,(H2,10,11)(H,12,13). The van der Waals surface area contributed by atoms with Crippen molar-refractivity contribution in [1.29, 1.82) is 0 Å². The van der Waals surface area contributed by atoms with Crippen LogP contribution in [0.15, 0.2) is 0 Å². The third-order valence-corrected chi connectivity index (χ3v) is 5.02. The fourth-order valence-electron chi connectivity index (χ4n) is 1.09. The number of nitrogens with two attached hydrogens (primary N) is 1. The Labute approximate surface area is 104 Å². The van der Waals surface area contributed by atoms with Crippen molar-refractivity contribution >= 4 is 28.7 Å². The average molecular weight is 280 g/mol. The van der Waals surface area contributed by atoms with Crippen molar-refractivity contribution in [1.82, 2.24) is 4.98 Å². The zero-order valence-corrected chi connectivity index (χ0v) is 11.8. The molecule has 2 unspecified atom stereocenters. The third-order valence-electron chi connectivity index (χ3n) is 2.03. The fraction of sp³-hybridized carbons (Fsp3) is 0.667. The van der Waals surface area contributed by atoms with Gasteiger partial charge in [-0.15, -0.1) is 0 Å². The Kier molecular flexibility index (Phi) is 4.94. The van der Waals surface area contributed by atoms with Crippen LogP contribution < -0.4 is 15.1 Å². The van der Waals surface area contributed by atoms with Crippen LogP contribution in [0.2, 0.25) is 0 Å². The first-order valence-electron chi connectivity index (χ1n) is 5.31. The predicted molar refractivity (Wildman–Crippen MR) is 68.0 cm³/mol. The van der Waals surface area contributed by atoms with Gasteiger partial charge in [-0.05, 0) is 20.3 Å². The molecular weight excluding hydrogens is 263 g/mol. The Hall–Kier alpha value is -0.620. The molecule has 0 radical (unpaired) electrons. The predicted octanol–water partition coefficient (Wildman–Crippen LogP) is 1.75. The Bertz CT molecular complexity index is 423. The Morgan fingerprint density at radius 1 is 1.59 bits per heavy atom. The Balaban J connectivity index is 3.00. The van der Waals surface area contributed by atoms with E-state index in [0.717, 1.165) is 11.3 Å². The van der Waals surface area contributed by atoms with Gasteiger partial charge in [0.05, 0.1) is 12.7 Å². The van der Waals surface area contributed by atoms with Crippen molar-refractivity contribution in [2.75, 3.05) is 12.3 Å². The lowest BCUT2D eigenvalue weighted by atomic mass is 10.3. The van der Waals surface area contributed by atoms with E-state index in [4.69, 9.17) is 15.0 Å². The molecule has 0 saturated heterocycles. The van der Waals surface area contributed by atoms with E-state index in [-0.39, 0.29) is 21.7 Å². The molecule has 3 N–H and O–H groups in total. The second-order valence-corrected chi connectivity index (χ2v) is 6.47. The quantitative estimate of drug-likeness (QED) is 0.771. The van der Waals surface area contributed by atoms with Crippen LogP contribution in [0.3, 0.4) is 0 Å². The molecule has 0 bridgehead atoms. The summed E-state index contributed by atoms with van der Waals surface area (Å²) in [5.41, 5.74) is 5.51. The molecule has 0 saturated carbocycles. The molecule has 8 heteroatoms. The van der Waals surface area contributed by atoms with Gasteiger partial charge in [-0.25, -0.2) is 0 Å². The Morgan fingerprint density at radius 3 is 2.76 bits per heavy atom. The summed E-state index contributed by atoms with van der Waals surface area (Å²) in [5, 5.41) is 0.186. The van der Waals surface area contributed by atoms with Gasteiger partial charge < -0.3 is 19.9 Å². The molecule has 1 rings (SSSR count). The molecular formula is C9H17N2O4PS. The summed E-state index contributed by atoms with van der Waals surface area (Å²) >= 11 is 0.917. The van der Waals surface area contributed by atoms with Gasteiger partial charge in [0.2, 0.25) is 5.88 Å². The summed E-state index contributed by atoms with van der Waals surface area (Å²) in [6.07, 6.45) is 0.326. The van der Waals surface area contributed by atoms with Gasteiger partial charge in [-0.3, -0.25) is 4.57 Å². The summed E-state index contributed by atoms with van der Waals surface area (Å²) in [6.45, 7) is 5.71. The second kappa shape index (κ2) is 5.82. The smallest absolute Gasteiger partial charge is 0.374 e. The number of rotatable bonds is 6. The summed E-state index contributed by atoms with van der Waals surface area (Å²) in [6, 6.07) is 0. The van der Waals surface area contributed by atoms with Crippen molar-refractivity contribution in [2.24, 2.45) is 0 Å². The largest absolute Gasteiger partial charge is 0.477 e. The summed E-state index contributed by atoms with van der Waals surface area (Å²) in [4.78, 5) is 13.7. The number of nitrogen functional groups attached to an aromatic ring is 1. The molecule has 0 aliphatic rings. The van der Waals surface area contributed by atoms with E-state index in [0.29, 0.717) is 13.0 Å². The van der Waals surface area contributed by atoms with Crippen molar-refractivity contribution in [3.05, 3.63) is 0 Å². The molecule has 2 atom stereocenters. The number of ether oxygens (including phenoxy) is 1. The maximum absolute atomic E-state index is 12.1. The van der Waals surface area contributed by atoms with E-state index in [9.17, 15) is 9.46 Å². The van der Waals surface area contributed by atoms with Gasteiger partial charge in [0.15, 0.2) is 9.75 Å². The summed E-state index contributed by atoms with van der Waals surface area (Å²) in [7, 11) is -3.91. The molecule has 1 heterocycles. The van der Waals surface area contributed by atoms with E-state index in [1.807, 2.05) is 6.92 Å². The number of aromatic nitrogens is 1. The van der Waals surface area contributed by atoms with E-state index < -0.39 is 7.60 Å². The average Bonchev–Trinajstić information content (AvgIpc) is 2.60. The maximum atomic E-state index is 12.1. The molecule has 98 valence electrons. The first-order valence-corrected chi connectivity index (χ1v) is 7.71. The monoisotopic (exact) mass is 280 g/mol. The maximum Gasteiger partial charge on any atom is 0.374 e. The van der Waals surface area contributed by atoms with Crippen LogP contribution in [0.25, 0.3) is 0 Å². The molecule has 0 aliphatic heterocycles. The lowest BCUT2D eigenvalue weighted by Gasteiger charge is -2.15. The van der Waals surface area contributed by atoms with E-state index >= 15 is 0 Å². The van der Waals surface area contributed by atoms with Crippen molar-refractivity contribution in [3.63, 3.8) is 0 Å². The first-order chi connectivity index (χ1) is 7.90. The number of thiazole rings is 1. The molecule has 0 aliphatic carbocycles. The lowest BCUT2D eigenvalue weighted by Crippen LogP contribution is -2.13. The topological polar surface area (TPSA) is 94.7 Å². The van der Waals surface area contributed by atoms with Gasteiger partial charge in [0, 0.05) is 0 Å². The molecule has 1 aromatic heterocycles. The zero-order valence-electron chi connectivity index (χ0n) is 10.0. The van der Waals surface area contributed by atoms with Gasteiger partial charge in [0.1, 0.15) is 0 Å². The van der Waals surface area contributed by atoms with Crippen molar-refractivity contribution in [2.45, 2.75) is 33.3 Å².